The molecule has 1 fully saturated rings. The average molecular weight is 242 g/mol. The van der Waals surface area contributed by atoms with E-state index in [2.05, 4.69) is 23.1 Å². The second-order valence-corrected chi connectivity index (χ2v) is 4.51. The van der Waals surface area contributed by atoms with Crippen molar-refractivity contribution in [2.24, 2.45) is 0 Å². The number of hydrogen-bond donors (Lipinski definition) is 0. The summed E-state index contributed by atoms with van der Waals surface area (Å²) in [6.45, 7) is 9.75. The number of rotatable bonds is 5. The molecule has 1 aromatic rings. The molecule has 18 heavy (non-hydrogen) atoms. The molecule has 3 heteroatoms. The Hall–Kier alpha value is -1.90. The highest BCUT2D eigenvalue weighted by atomic mass is 16.5. The van der Waals surface area contributed by atoms with Crippen LogP contribution in [0.25, 0.3) is 5.57 Å². The first-order chi connectivity index (χ1) is 8.69. The predicted octanol–water partition coefficient (Wildman–Crippen LogP) is 3.51. The lowest BCUT2D eigenvalue weighted by atomic mass is 9.97. The molecule has 1 saturated carbocycles. The average Bonchev–Trinajstić information content (AvgIpc) is 3.19. The smallest absolute Gasteiger partial charge is 0.224 e. The van der Waals surface area contributed by atoms with Gasteiger partial charge < -0.3 is 4.74 Å². The normalized spacial score (nSPS) is 15.3. The van der Waals surface area contributed by atoms with Crippen molar-refractivity contribution in [3.63, 3.8) is 0 Å². The van der Waals surface area contributed by atoms with E-state index in [1.807, 2.05) is 13.0 Å². The van der Waals surface area contributed by atoms with Crippen LogP contribution in [0.3, 0.4) is 0 Å². The number of methoxy groups -OCH3 is 1. The van der Waals surface area contributed by atoms with E-state index < -0.39 is 0 Å². The maximum Gasteiger partial charge on any atom is 0.224 e. The third-order valence-electron chi connectivity index (χ3n) is 3.01. The lowest BCUT2D eigenvalue weighted by Gasteiger charge is -2.14. The van der Waals surface area contributed by atoms with Gasteiger partial charge in [-0.05, 0) is 25.3 Å². The Morgan fingerprint density at radius 1 is 1.44 bits per heavy atom. The van der Waals surface area contributed by atoms with Crippen molar-refractivity contribution < 1.29 is 4.74 Å². The summed E-state index contributed by atoms with van der Waals surface area (Å²) in [6.07, 6.45) is 7.64. The van der Waals surface area contributed by atoms with E-state index in [4.69, 9.17) is 4.74 Å². The molecule has 0 bridgehead atoms. The van der Waals surface area contributed by atoms with Crippen LogP contribution >= 0.6 is 0 Å². The minimum Gasteiger partial charge on any atom is -0.480 e. The Morgan fingerprint density at radius 2 is 2.17 bits per heavy atom. The van der Waals surface area contributed by atoms with E-state index >= 15 is 0 Å². The van der Waals surface area contributed by atoms with Gasteiger partial charge in [-0.3, -0.25) is 0 Å². The molecule has 1 aromatic heterocycles. The number of ether oxygens (including phenoxy) is 1. The van der Waals surface area contributed by atoms with Crippen LogP contribution in [0, 0.1) is 0 Å². The first-order valence-electron chi connectivity index (χ1n) is 6.06. The quantitative estimate of drug-likeness (QED) is 0.741. The summed E-state index contributed by atoms with van der Waals surface area (Å²) >= 11 is 0. The summed E-state index contributed by atoms with van der Waals surface area (Å²) in [5.74, 6) is 1.15. The molecule has 0 aliphatic heterocycles. The van der Waals surface area contributed by atoms with Gasteiger partial charge in [0, 0.05) is 5.92 Å². The second kappa shape index (κ2) is 5.17. The Labute approximate surface area is 108 Å². The van der Waals surface area contributed by atoms with E-state index in [1.54, 1.807) is 19.5 Å². The Morgan fingerprint density at radius 3 is 2.67 bits per heavy atom. The van der Waals surface area contributed by atoms with E-state index in [9.17, 15) is 0 Å². The van der Waals surface area contributed by atoms with Crippen molar-refractivity contribution in [2.75, 3.05) is 7.11 Å². The fourth-order valence-electron chi connectivity index (χ4n) is 2.01. The zero-order valence-corrected chi connectivity index (χ0v) is 10.9. The van der Waals surface area contributed by atoms with E-state index in [0.717, 1.165) is 22.4 Å². The standard InChI is InChI=1S/C15H18N2O/c1-5-6-12(10(2)3)13-14(11-7-8-11)16-9-17-15(13)18-4/h5-6,9,11H,1-2,7-8H2,3-4H3/b12-6+. The van der Waals surface area contributed by atoms with Crippen molar-refractivity contribution in [1.82, 2.24) is 9.97 Å². The monoisotopic (exact) mass is 242 g/mol. The van der Waals surface area contributed by atoms with Gasteiger partial charge in [-0.15, -0.1) is 0 Å². The van der Waals surface area contributed by atoms with Gasteiger partial charge in [0.2, 0.25) is 5.88 Å². The van der Waals surface area contributed by atoms with Crippen LogP contribution in [0.5, 0.6) is 5.88 Å². The van der Waals surface area contributed by atoms with Gasteiger partial charge in [-0.2, -0.15) is 0 Å². The highest BCUT2D eigenvalue weighted by Crippen LogP contribution is 2.44. The van der Waals surface area contributed by atoms with Crippen LogP contribution in [0.4, 0.5) is 0 Å². The summed E-state index contributed by atoms with van der Waals surface area (Å²) in [5, 5.41) is 0. The maximum absolute atomic E-state index is 5.37. The van der Waals surface area contributed by atoms with Gasteiger partial charge in [0.25, 0.3) is 0 Å². The summed E-state index contributed by atoms with van der Waals surface area (Å²) in [4.78, 5) is 8.63. The predicted molar refractivity (Wildman–Crippen MR) is 73.5 cm³/mol. The summed E-state index contributed by atoms with van der Waals surface area (Å²) in [7, 11) is 1.63. The van der Waals surface area contributed by atoms with Gasteiger partial charge in [-0.25, -0.2) is 9.97 Å². The molecule has 0 radical (unpaired) electrons. The van der Waals surface area contributed by atoms with Gasteiger partial charge in [0.1, 0.15) is 6.33 Å². The molecule has 0 atom stereocenters. The highest BCUT2D eigenvalue weighted by molar-refractivity contribution is 5.82. The van der Waals surface area contributed by atoms with Gasteiger partial charge in [0.05, 0.1) is 18.4 Å². The Kier molecular flexibility index (Phi) is 3.60. The first kappa shape index (κ1) is 12.6. The molecular formula is C15H18N2O. The van der Waals surface area contributed by atoms with Gasteiger partial charge in [-0.1, -0.05) is 30.9 Å². The van der Waals surface area contributed by atoms with Crippen LogP contribution in [-0.2, 0) is 0 Å². The molecule has 1 heterocycles. The van der Waals surface area contributed by atoms with E-state index in [0.29, 0.717) is 11.8 Å². The molecule has 0 unspecified atom stereocenters. The summed E-state index contributed by atoms with van der Waals surface area (Å²) in [5.41, 5.74) is 4.00. The Balaban J connectivity index is 2.61. The molecule has 94 valence electrons. The minimum absolute atomic E-state index is 0.532. The zero-order valence-electron chi connectivity index (χ0n) is 10.9. The molecule has 0 saturated heterocycles. The third kappa shape index (κ3) is 2.35. The van der Waals surface area contributed by atoms with Crippen molar-refractivity contribution in [1.29, 1.82) is 0 Å². The van der Waals surface area contributed by atoms with Gasteiger partial charge in [0.15, 0.2) is 0 Å². The van der Waals surface area contributed by atoms with Crippen molar-refractivity contribution in [3.8, 4) is 5.88 Å². The maximum atomic E-state index is 5.37. The fourth-order valence-corrected chi connectivity index (χ4v) is 2.01. The van der Waals surface area contributed by atoms with Crippen LogP contribution in [-0.4, -0.2) is 17.1 Å². The largest absolute Gasteiger partial charge is 0.480 e. The Bertz CT molecular complexity index is 513. The van der Waals surface area contributed by atoms with Crippen LogP contribution in [0.2, 0.25) is 0 Å². The molecule has 1 aliphatic carbocycles. The zero-order chi connectivity index (χ0) is 13.1. The van der Waals surface area contributed by atoms with Crippen LogP contribution in [0.1, 0.15) is 36.9 Å². The number of hydrogen-bond acceptors (Lipinski definition) is 3. The number of nitrogens with zero attached hydrogens (tertiary/aromatic N) is 2. The number of allylic oxidation sites excluding steroid dienone is 4. The van der Waals surface area contributed by atoms with Crippen molar-refractivity contribution in [2.45, 2.75) is 25.7 Å². The van der Waals surface area contributed by atoms with Crippen molar-refractivity contribution >= 4 is 5.57 Å². The molecule has 3 nitrogen and oxygen atoms in total. The fraction of sp³-hybridized carbons (Fsp3) is 0.333. The topological polar surface area (TPSA) is 35.0 Å². The highest BCUT2D eigenvalue weighted by Gasteiger charge is 2.30. The first-order valence-corrected chi connectivity index (χ1v) is 6.06. The SMILES string of the molecule is C=C/C=C(\C(=C)C)c1c(OC)ncnc1C1CC1. The lowest BCUT2D eigenvalue weighted by Crippen LogP contribution is -2.02. The minimum atomic E-state index is 0.532. The molecule has 1 aliphatic rings. The third-order valence-corrected chi connectivity index (χ3v) is 3.01. The van der Waals surface area contributed by atoms with Crippen molar-refractivity contribution in [3.05, 3.63) is 48.5 Å². The lowest BCUT2D eigenvalue weighted by molar-refractivity contribution is 0.394. The van der Waals surface area contributed by atoms with Crippen LogP contribution in [0.15, 0.2) is 37.2 Å². The van der Waals surface area contributed by atoms with Gasteiger partial charge >= 0.3 is 0 Å². The summed E-state index contributed by atoms with van der Waals surface area (Å²) < 4.78 is 5.37. The number of aromatic nitrogens is 2. The molecule has 0 spiro atoms. The molecule has 0 aromatic carbocycles. The molecule has 2 rings (SSSR count). The summed E-state index contributed by atoms with van der Waals surface area (Å²) in [6, 6.07) is 0. The molecular weight excluding hydrogens is 224 g/mol. The molecule has 0 amide bonds. The van der Waals surface area contributed by atoms with E-state index in [-0.39, 0.29) is 0 Å². The van der Waals surface area contributed by atoms with Crippen LogP contribution < -0.4 is 4.74 Å². The van der Waals surface area contributed by atoms with E-state index in [1.165, 1.54) is 12.8 Å². The molecule has 0 N–H and O–H groups in total. The second-order valence-electron chi connectivity index (χ2n) is 4.51.